The second kappa shape index (κ2) is 10.3. The Morgan fingerprint density at radius 2 is 1.77 bits per heavy atom. The number of nitrogens with zero attached hydrogens (tertiary/aromatic N) is 2. The monoisotopic (exact) mass is 531 g/mol. The van der Waals surface area contributed by atoms with Crippen LogP contribution in [-0.2, 0) is 16.4 Å². The lowest BCUT2D eigenvalue weighted by molar-refractivity contribution is 0.0981. The topological polar surface area (TPSA) is 88.1 Å². The second-order valence-corrected chi connectivity index (χ2v) is 10.5. The molecule has 182 valence electrons. The number of likely N-dealkylation sites (N-methyl/N-ethyl adjacent to an activating group) is 1. The molecule has 1 aliphatic heterocycles. The Bertz CT molecular complexity index is 1410. The fourth-order valence-electron chi connectivity index (χ4n) is 3.79. The number of oxime groups is 1. The van der Waals surface area contributed by atoms with Crippen LogP contribution in [0.1, 0.15) is 35.3 Å². The fraction of sp³-hybridized carbons (Fsp3) is 0.200. The second-order valence-electron chi connectivity index (χ2n) is 7.97. The van der Waals surface area contributed by atoms with E-state index in [1.54, 1.807) is 0 Å². The summed E-state index contributed by atoms with van der Waals surface area (Å²) in [7, 11) is -4.17. The Hall–Kier alpha value is -3.07. The summed E-state index contributed by atoms with van der Waals surface area (Å²) in [5.41, 5.74) is 4.38. The maximum absolute atomic E-state index is 12.5. The van der Waals surface area contributed by atoms with Gasteiger partial charge in [0.2, 0.25) is 0 Å². The van der Waals surface area contributed by atoms with Crippen molar-refractivity contribution < 1.29 is 18.0 Å². The van der Waals surface area contributed by atoms with Crippen molar-refractivity contribution in [3.05, 3.63) is 87.4 Å². The molecule has 0 bridgehead atoms. The van der Waals surface area contributed by atoms with E-state index in [4.69, 9.17) is 28.0 Å². The average Bonchev–Trinajstić information content (AvgIpc) is 3.24. The molecule has 1 amide bonds. The number of nitrogens with one attached hydrogen (secondary N) is 1. The average molecular weight is 532 g/mol. The van der Waals surface area contributed by atoms with Gasteiger partial charge in [0.15, 0.2) is 5.75 Å². The number of halogens is 2. The van der Waals surface area contributed by atoms with Crippen LogP contribution >= 0.6 is 23.2 Å². The van der Waals surface area contributed by atoms with Gasteiger partial charge in [-0.1, -0.05) is 34.4 Å². The first-order chi connectivity index (χ1) is 16.7. The number of fused-ring (bicyclic) bond motifs is 1. The molecule has 0 spiro atoms. The van der Waals surface area contributed by atoms with Crippen molar-refractivity contribution in [1.82, 2.24) is 4.72 Å². The molecule has 0 atom stereocenters. The number of sulfonamides is 1. The normalized spacial score (nSPS) is 13.5. The van der Waals surface area contributed by atoms with E-state index in [0.29, 0.717) is 5.75 Å². The van der Waals surface area contributed by atoms with Crippen LogP contribution in [0.5, 0.6) is 5.75 Å². The molecule has 1 N–H and O–H groups in total. The highest BCUT2D eigenvalue weighted by Crippen LogP contribution is 2.29. The first-order valence-corrected chi connectivity index (χ1v) is 13.1. The third-order valence-electron chi connectivity index (χ3n) is 5.69. The van der Waals surface area contributed by atoms with E-state index < -0.39 is 15.9 Å². The quantitative estimate of drug-likeness (QED) is 0.330. The Balaban J connectivity index is 1.41. The first-order valence-electron chi connectivity index (χ1n) is 10.9. The summed E-state index contributed by atoms with van der Waals surface area (Å²) in [6.07, 6.45) is 1.01. The maximum atomic E-state index is 12.5. The highest BCUT2D eigenvalue weighted by molar-refractivity contribution is 7.90. The molecule has 0 saturated carbocycles. The smallest absolute Gasteiger partial charge is 0.265 e. The SMILES string of the molecule is CCN1CCc2cc(C(C)=NOc3ccc(C(=O)NS(=O)(=O)c4ccc(Cl)cc4Cl)cc3)ccc21. The number of carbonyl (C=O) groups excluding carboxylic acids is 1. The molecule has 4 rings (SSSR count). The van der Waals surface area contributed by atoms with Crippen molar-refractivity contribution >= 4 is 50.5 Å². The molecule has 0 saturated heterocycles. The van der Waals surface area contributed by atoms with Gasteiger partial charge < -0.3 is 9.74 Å². The molecule has 0 radical (unpaired) electrons. The van der Waals surface area contributed by atoms with E-state index in [9.17, 15) is 13.2 Å². The van der Waals surface area contributed by atoms with Crippen LogP contribution in [0.3, 0.4) is 0 Å². The van der Waals surface area contributed by atoms with Gasteiger partial charge in [0.05, 0.1) is 10.7 Å². The summed E-state index contributed by atoms with van der Waals surface area (Å²) in [6, 6.07) is 16.1. The first kappa shape index (κ1) is 25.0. The van der Waals surface area contributed by atoms with Gasteiger partial charge in [0, 0.05) is 29.4 Å². The molecular weight excluding hydrogens is 509 g/mol. The molecule has 3 aromatic rings. The van der Waals surface area contributed by atoms with Gasteiger partial charge >= 0.3 is 0 Å². The lowest BCUT2D eigenvalue weighted by atomic mass is 10.1. The Labute approximate surface area is 214 Å². The van der Waals surface area contributed by atoms with E-state index in [-0.39, 0.29) is 20.5 Å². The highest BCUT2D eigenvalue weighted by Gasteiger charge is 2.22. The molecule has 1 aliphatic rings. The van der Waals surface area contributed by atoms with Crippen molar-refractivity contribution in [3.8, 4) is 5.75 Å². The van der Waals surface area contributed by atoms with Crippen LogP contribution in [0.25, 0.3) is 0 Å². The predicted octanol–water partition coefficient (Wildman–Crippen LogP) is 5.30. The van der Waals surface area contributed by atoms with Crippen LogP contribution in [0.2, 0.25) is 10.0 Å². The van der Waals surface area contributed by atoms with Gasteiger partial charge in [0.25, 0.3) is 15.9 Å². The van der Waals surface area contributed by atoms with Crippen LogP contribution in [0.4, 0.5) is 5.69 Å². The van der Waals surface area contributed by atoms with E-state index in [1.807, 2.05) is 17.7 Å². The number of hydrogen-bond donors (Lipinski definition) is 1. The molecule has 7 nitrogen and oxygen atoms in total. The van der Waals surface area contributed by atoms with Crippen molar-refractivity contribution in [2.75, 3.05) is 18.0 Å². The molecule has 0 aromatic heterocycles. The van der Waals surface area contributed by atoms with E-state index in [0.717, 1.165) is 30.8 Å². The van der Waals surface area contributed by atoms with E-state index >= 15 is 0 Å². The number of amides is 1. The van der Waals surface area contributed by atoms with Crippen molar-refractivity contribution in [2.45, 2.75) is 25.2 Å². The zero-order valence-corrected chi connectivity index (χ0v) is 21.4. The minimum absolute atomic E-state index is 0.0826. The number of hydrogen-bond acceptors (Lipinski definition) is 6. The summed E-state index contributed by atoms with van der Waals surface area (Å²) < 4.78 is 27.1. The van der Waals surface area contributed by atoms with Gasteiger partial charge in [-0.3, -0.25) is 4.79 Å². The van der Waals surface area contributed by atoms with Gasteiger partial charge in [-0.2, -0.15) is 0 Å². The molecule has 1 heterocycles. The Kier molecular flexibility index (Phi) is 7.35. The summed E-state index contributed by atoms with van der Waals surface area (Å²) in [4.78, 5) is 20.1. The largest absolute Gasteiger partial charge is 0.371 e. The van der Waals surface area contributed by atoms with Crippen LogP contribution in [-0.4, -0.2) is 33.1 Å². The summed E-state index contributed by atoms with van der Waals surface area (Å²) in [5, 5.41) is 4.40. The van der Waals surface area contributed by atoms with Gasteiger partial charge in [-0.15, -0.1) is 0 Å². The number of carbonyl (C=O) groups is 1. The Morgan fingerprint density at radius 1 is 1.06 bits per heavy atom. The van der Waals surface area contributed by atoms with Gasteiger partial charge in [-0.05, 0) is 86.0 Å². The highest BCUT2D eigenvalue weighted by atomic mass is 35.5. The van der Waals surface area contributed by atoms with Crippen LogP contribution < -0.4 is 14.5 Å². The number of benzene rings is 3. The summed E-state index contributed by atoms with van der Waals surface area (Å²) in [6.45, 7) is 6.02. The van der Waals surface area contributed by atoms with Crippen molar-refractivity contribution in [3.63, 3.8) is 0 Å². The van der Waals surface area contributed by atoms with Gasteiger partial charge in [0.1, 0.15) is 4.90 Å². The molecule has 0 fully saturated rings. The third kappa shape index (κ3) is 5.61. The summed E-state index contributed by atoms with van der Waals surface area (Å²) in [5.74, 6) is -0.399. The predicted molar refractivity (Wildman–Crippen MR) is 138 cm³/mol. The van der Waals surface area contributed by atoms with Crippen LogP contribution in [0.15, 0.2) is 70.7 Å². The lowest BCUT2D eigenvalue weighted by Gasteiger charge is -2.16. The standard InChI is InChI=1S/C25H23Cl2N3O4S/c1-3-30-13-12-19-14-18(6-10-23(19)30)16(2)28-34-21-8-4-17(5-9-21)25(31)29-35(32,33)24-11-7-20(26)15-22(24)27/h4-11,14-15H,3,12-13H2,1-2H3,(H,29,31). The van der Waals surface area contributed by atoms with Gasteiger partial charge in [-0.25, -0.2) is 13.1 Å². The molecule has 35 heavy (non-hydrogen) atoms. The van der Waals surface area contributed by atoms with Crippen molar-refractivity contribution in [1.29, 1.82) is 0 Å². The molecule has 3 aromatic carbocycles. The molecule has 0 aliphatic carbocycles. The fourth-order valence-corrected chi connectivity index (χ4v) is 5.54. The number of anilines is 1. The van der Waals surface area contributed by atoms with E-state index in [2.05, 4.69) is 29.1 Å². The molecule has 0 unspecified atom stereocenters. The third-order valence-corrected chi connectivity index (χ3v) is 7.73. The summed E-state index contributed by atoms with van der Waals surface area (Å²) >= 11 is 11.8. The van der Waals surface area contributed by atoms with Crippen molar-refractivity contribution in [2.24, 2.45) is 5.16 Å². The minimum Gasteiger partial charge on any atom is -0.371 e. The maximum Gasteiger partial charge on any atom is 0.265 e. The minimum atomic E-state index is -4.17. The number of rotatable bonds is 7. The molecular formula is C25H23Cl2N3O4S. The lowest BCUT2D eigenvalue weighted by Crippen LogP contribution is -2.30. The Morgan fingerprint density at radius 3 is 2.46 bits per heavy atom. The zero-order valence-electron chi connectivity index (χ0n) is 19.1. The van der Waals surface area contributed by atoms with E-state index in [1.165, 1.54) is 53.7 Å². The van der Waals surface area contributed by atoms with Crippen LogP contribution in [0, 0.1) is 0 Å². The zero-order chi connectivity index (χ0) is 25.2. The molecule has 10 heteroatoms.